The van der Waals surface area contributed by atoms with E-state index in [1.54, 1.807) is 47.2 Å². The number of carbonyl (C=O) groups is 10. The van der Waals surface area contributed by atoms with Gasteiger partial charge >= 0.3 is 18.1 Å². The second-order valence-corrected chi connectivity index (χ2v) is 26.5. The largest absolute Gasteiger partial charge is 0.459 e. The van der Waals surface area contributed by atoms with Gasteiger partial charge in [-0.1, -0.05) is 63.1 Å². The number of carbonyl (C=O) groups excluding carboxylic acids is 10. The van der Waals surface area contributed by atoms with Gasteiger partial charge in [-0.2, -0.15) is 11.8 Å². The molecule has 0 saturated carbocycles. The van der Waals surface area contributed by atoms with Crippen LogP contribution in [0.5, 0.6) is 0 Å². The number of hydrogen-bond acceptors (Lipinski definition) is 17. The third-order valence-electron chi connectivity index (χ3n) is 17.6. The van der Waals surface area contributed by atoms with Gasteiger partial charge in [0.15, 0.2) is 5.78 Å². The Morgan fingerprint density at radius 2 is 1.64 bits per heavy atom. The van der Waals surface area contributed by atoms with Crippen molar-refractivity contribution in [3.05, 3.63) is 65.8 Å². The lowest BCUT2D eigenvalue weighted by Gasteiger charge is -2.59. The highest BCUT2D eigenvalue weighted by atomic mass is 32.2. The van der Waals surface area contributed by atoms with Crippen LogP contribution in [0.4, 0.5) is 15.3 Å². The molecule has 1 unspecified atom stereocenters. The molecule has 7 rings (SSSR count). The number of urea groups is 1. The molecule has 0 radical (unpaired) electrons. The van der Waals surface area contributed by atoms with E-state index < -0.39 is 66.0 Å². The minimum atomic E-state index is -0.903. The number of anilines is 1. The number of Topliss-reactive ketones (excluding diaryl/α,β-unsaturated/α-hetero) is 1. The number of nitrogens with two attached hydrogens (primary N) is 1. The Kier molecular flexibility index (Phi) is 25.0. The second-order valence-electron chi connectivity index (χ2n) is 25.4. The van der Waals surface area contributed by atoms with E-state index in [4.69, 9.17) is 29.4 Å². The SMILES string of the molecule is CSC1CC(=O)N(CCCCCC(=O)N[C@H](C(=O)C[C@@H](CCCNC(N)=O)C(=O)Nc2ccc(COC(=O)N3CC4(CN(C(=O)C[C@@H]5C[C@@]6(CO6)[C@H](O)[C@@H](/C=C/C(C)=C/C[C@@H]6O[C@H](C)[C@H](NC(=O)/C=C\[C@H](C)OC(C)=O)C[C@@H]6C)O5)C4)C3)cc2)C(C)C)C1=O. The van der Waals surface area contributed by atoms with Crippen LogP contribution in [0.2, 0.25) is 0 Å². The molecular weight excluding hydrogens is 1170 g/mol. The zero-order chi connectivity index (χ0) is 64.7. The van der Waals surface area contributed by atoms with Crippen molar-refractivity contribution < 1.29 is 76.7 Å². The van der Waals surface area contributed by atoms with Crippen LogP contribution in [-0.4, -0.2) is 191 Å². The highest BCUT2D eigenvalue weighted by Gasteiger charge is 2.59. The van der Waals surface area contributed by atoms with Crippen LogP contribution in [0.1, 0.15) is 131 Å². The zero-order valence-electron chi connectivity index (χ0n) is 52.7. The molecule has 6 aliphatic heterocycles. The fraction of sp³-hybridized carbons (Fsp3) is 0.656. The monoisotopic (exact) mass is 1260 g/mol. The molecular formula is C64H92N8O16S. The number of allylic oxidation sites excluding steroid dienone is 2. The van der Waals surface area contributed by atoms with Crippen LogP contribution in [0.15, 0.2) is 60.2 Å². The number of primary amides is 1. The quantitative estimate of drug-likeness (QED) is 0.0147. The summed E-state index contributed by atoms with van der Waals surface area (Å²) in [4.78, 5) is 132. The molecule has 0 aromatic heterocycles. The van der Waals surface area contributed by atoms with E-state index in [1.807, 2.05) is 39.8 Å². The maximum absolute atomic E-state index is 13.8. The first-order valence-electron chi connectivity index (χ1n) is 31.2. The molecule has 2 spiro atoms. The number of aliphatic hydroxyl groups excluding tert-OH is 1. The van der Waals surface area contributed by atoms with Crippen molar-refractivity contribution in [2.24, 2.45) is 28.9 Å². The van der Waals surface area contributed by atoms with Crippen molar-refractivity contribution in [1.29, 1.82) is 0 Å². The van der Waals surface area contributed by atoms with Gasteiger partial charge in [-0.25, -0.2) is 9.59 Å². The van der Waals surface area contributed by atoms with E-state index in [0.29, 0.717) is 89.1 Å². The number of rotatable bonds is 30. The lowest BCUT2D eigenvalue weighted by molar-refractivity contribution is -0.167. The molecule has 25 heteroatoms. The van der Waals surface area contributed by atoms with E-state index in [0.717, 1.165) is 12.0 Å². The van der Waals surface area contributed by atoms with E-state index in [2.05, 4.69) is 34.3 Å². The predicted octanol–water partition coefficient (Wildman–Crippen LogP) is 5.00. The third kappa shape index (κ3) is 19.9. The number of ether oxygens (including phenoxy) is 5. The van der Waals surface area contributed by atoms with Gasteiger partial charge in [-0.15, -0.1) is 0 Å². The Morgan fingerprint density at radius 3 is 2.29 bits per heavy atom. The van der Waals surface area contributed by atoms with Gasteiger partial charge in [-0.3, -0.25) is 43.3 Å². The number of unbranched alkanes of at least 4 members (excludes halogenated alkanes) is 2. The number of hydrogen-bond donors (Lipinski definition) is 6. The standard InChI is InChI=1S/C64H92N8O16S/c1-38(2)57(69-53(75)14-10-9-11-26-72-56(78)30-52(89-8)60(72)81)49(74)28-45(13-12-25-66-61(65)82)59(80)67-46-20-18-44(19-21-46)32-84-62(83)71-35-63(36-71)33-70(34-63)55(77)29-47-31-64(37-85-64)58(79)51(88-47)23-16-39(3)15-22-50-40(4)27-48(42(6)87-50)68-54(76)24-17-41(5)86-43(7)73/h15-21,23-24,38,40-42,45,47-48,50-52,57-58,79H,9-14,22,25-37H2,1-8H3,(H,67,80)(H,68,76)(H,69,75)(H3,65,66,82)/b23-16+,24-17-,39-15+/t40-,41-,42+,45+,47+,48+,50-,51+,52?,57-,58+,64+/m0/s1. The van der Waals surface area contributed by atoms with Gasteiger partial charge in [0.05, 0.1) is 48.7 Å². The molecule has 12 atom stereocenters. The molecule has 89 heavy (non-hydrogen) atoms. The van der Waals surface area contributed by atoms with Crippen molar-refractivity contribution in [3.63, 3.8) is 0 Å². The van der Waals surface area contributed by atoms with Crippen molar-refractivity contribution in [2.45, 2.75) is 192 Å². The number of imide groups is 1. The summed E-state index contributed by atoms with van der Waals surface area (Å²) in [5.41, 5.74) is 6.32. The molecule has 1 aromatic rings. The predicted molar refractivity (Wildman–Crippen MR) is 330 cm³/mol. The van der Waals surface area contributed by atoms with Crippen molar-refractivity contribution >= 4 is 76.8 Å². The number of epoxide rings is 1. The van der Waals surface area contributed by atoms with Gasteiger partial charge in [0, 0.05) is 95.0 Å². The fourth-order valence-electron chi connectivity index (χ4n) is 12.3. The number of esters is 1. The minimum Gasteiger partial charge on any atom is -0.459 e. The van der Waals surface area contributed by atoms with Crippen LogP contribution in [0, 0.1) is 23.2 Å². The molecule has 0 aliphatic carbocycles. The number of thioether (sulfide) groups is 1. The Morgan fingerprint density at radius 1 is 0.933 bits per heavy atom. The summed E-state index contributed by atoms with van der Waals surface area (Å²) < 4.78 is 29.2. The smallest absolute Gasteiger partial charge is 0.410 e. The zero-order valence-corrected chi connectivity index (χ0v) is 53.5. The van der Waals surface area contributed by atoms with Crippen LogP contribution in [0.3, 0.4) is 0 Å². The molecule has 24 nitrogen and oxygen atoms in total. The summed E-state index contributed by atoms with van der Waals surface area (Å²) in [6.07, 6.45) is 11.5. The number of ketones is 1. The Labute approximate surface area is 525 Å². The first-order chi connectivity index (χ1) is 42.3. The normalized spacial score (nSPS) is 26.6. The van der Waals surface area contributed by atoms with Crippen LogP contribution in [-0.2, 0) is 68.6 Å². The molecule has 490 valence electrons. The molecule has 0 bridgehead atoms. The van der Waals surface area contributed by atoms with E-state index in [1.165, 1.54) is 35.7 Å². The molecule has 9 amide bonds. The van der Waals surface area contributed by atoms with Gasteiger partial charge < -0.3 is 65.6 Å². The topological polar surface area (TPSA) is 324 Å². The molecule has 6 heterocycles. The minimum absolute atomic E-state index is 0.0278. The molecule has 6 aliphatic rings. The van der Waals surface area contributed by atoms with Gasteiger partial charge in [0.2, 0.25) is 35.4 Å². The Hall–Kier alpha value is -6.67. The molecule has 7 N–H and O–H groups in total. The number of benzene rings is 1. The van der Waals surface area contributed by atoms with Gasteiger partial charge in [0.25, 0.3) is 0 Å². The van der Waals surface area contributed by atoms with Gasteiger partial charge in [0.1, 0.15) is 30.5 Å². The highest BCUT2D eigenvalue weighted by Crippen LogP contribution is 2.45. The average molecular weight is 1260 g/mol. The second kappa shape index (κ2) is 31.9. The molecule has 6 fully saturated rings. The first-order valence-corrected chi connectivity index (χ1v) is 32.5. The van der Waals surface area contributed by atoms with Crippen molar-refractivity contribution in [2.75, 3.05) is 57.4 Å². The number of amides is 9. The van der Waals surface area contributed by atoms with Gasteiger partial charge in [-0.05, 0) is 101 Å². The average Bonchev–Trinajstić information content (AvgIpc) is 1.71. The van der Waals surface area contributed by atoms with Crippen LogP contribution >= 0.6 is 11.8 Å². The summed E-state index contributed by atoms with van der Waals surface area (Å²) in [5.74, 6) is -3.13. The number of nitrogens with one attached hydrogen (secondary N) is 4. The summed E-state index contributed by atoms with van der Waals surface area (Å²) in [6.45, 7) is 15.3. The fourth-order valence-corrected chi connectivity index (χ4v) is 13.0. The van der Waals surface area contributed by atoms with E-state index in [9.17, 15) is 53.1 Å². The van der Waals surface area contributed by atoms with E-state index >= 15 is 0 Å². The summed E-state index contributed by atoms with van der Waals surface area (Å²) in [6, 6.07) is 5.01. The number of nitrogens with zero attached hydrogens (tertiary/aromatic N) is 3. The maximum atomic E-state index is 13.8. The Bertz CT molecular complexity index is 2810. The summed E-state index contributed by atoms with van der Waals surface area (Å²) in [5, 5.41) is 22.2. The molecule has 6 saturated heterocycles. The van der Waals surface area contributed by atoms with Crippen LogP contribution in [0.25, 0.3) is 0 Å². The van der Waals surface area contributed by atoms with E-state index in [-0.39, 0.29) is 121 Å². The lowest BCUT2D eigenvalue weighted by atomic mass is 9.73. The maximum Gasteiger partial charge on any atom is 0.410 e. The highest BCUT2D eigenvalue weighted by molar-refractivity contribution is 8.00. The number of aliphatic hydroxyl groups is 1. The lowest BCUT2D eigenvalue weighted by Crippen LogP contribution is -2.73. The van der Waals surface area contributed by atoms with Crippen LogP contribution < -0.4 is 27.0 Å². The van der Waals surface area contributed by atoms with Crippen molar-refractivity contribution in [3.8, 4) is 0 Å². The third-order valence-corrected chi connectivity index (χ3v) is 18.5. The summed E-state index contributed by atoms with van der Waals surface area (Å²) >= 11 is 1.36. The first kappa shape index (κ1) is 69.8. The van der Waals surface area contributed by atoms with Crippen molar-refractivity contribution in [1.82, 2.24) is 30.7 Å². The Balaban J connectivity index is 0.801. The number of likely N-dealkylation sites (tertiary alicyclic amines) is 3. The summed E-state index contributed by atoms with van der Waals surface area (Å²) in [7, 11) is 0. The molecule has 1 aromatic carbocycles.